The van der Waals surface area contributed by atoms with Gasteiger partial charge in [-0.05, 0) is 55.9 Å². The van der Waals surface area contributed by atoms with Gasteiger partial charge in [0, 0.05) is 17.3 Å². The van der Waals surface area contributed by atoms with Crippen molar-refractivity contribution in [2.24, 2.45) is 11.8 Å². The van der Waals surface area contributed by atoms with Gasteiger partial charge in [-0.2, -0.15) is 0 Å². The number of anilines is 1. The Morgan fingerprint density at radius 2 is 2.05 bits per heavy atom. The monoisotopic (exact) mass is 275 g/mol. The lowest BCUT2D eigenvalue weighted by Gasteiger charge is -2.17. The third-order valence-corrected chi connectivity index (χ3v) is 4.23. The minimum atomic E-state index is 0.0330. The Morgan fingerprint density at radius 1 is 1.25 bits per heavy atom. The zero-order valence-corrected chi connectivity index (χ0v) is 12.4. The Labute approximate surface area is 121 Å². The highest BCUT2D eigenvalue weighted by molar-refractivity contribution is 5.96. The number of hydrogen-bond acceptors (Lipinski definition) is 3. The fourth-order valence-electron chi connectivity index (χ4n) is 2.90. The largest absolute Gasteiger partial charge is 0.349 e. The maximum Gasteiger partial charge on any atom is 0.251 e. The number of carbonyl (C=O) groups is 1. The Morgan fingerprint density at radius 3 is 2.75 bits per heavy atom. The molecule has 2 unspecified atom stereocenters. The molecule has 4 N–H and O–H groups in total. The number of amides is 1. The molecule has 0 heterocycles. The van der Waals surface area contributed by atoms with Gasteiger partial charge in [0.2, 0.25) is 0 Å². The number of benzene rings is 1. The van der Waals surface area contributed by atoms with Gasteiger partial charge in [-0.15, -0.1) is 0 Å². The van der Waals surface area contributed by atoms with Crippen LogP contribution in [0, 0.1) is 12.8 Å². The van der Waals surface area contributed by atoms with E-state index in [1.807, 2.05) is 25.1 Å². The number of carbonyl (C=O) groups excluding carboxylic acids is 1. The van der Waals surface area contributed by atoms with E-state index in [1.54, 1.807) is 0 Å². The lowest BCUT2D eigenvalue weighted by Crippen LogP contribution is -2.34. The molecule has 1 aromatic rings. The predicted octanol–water partition coefficient (Wildman–Crippen LogP) is 2.98. The first-order valence-electron chi connectivity index (χ1n) is 7.48. The summed E-state index contributed by atoms with van der Waals surface area (Å²) in [7, 11) is 0. The molecule has 110 valence electrons. The molecule has 1 saturated carbocycles. The molecule has 1 aliphatic carbocycles. The fraction of sp³-hybridized carbons (Fsp3) is 0.562. The smallest absolute Gasteiger partial charge is 0.251 e. The van der Waals surface area contributed by atoms with Gasteiger partial charge >= 0.3 is 0 Å². The van der Waals surface area contributed by atoms with E-state index in [2.05, 4.69) is 17.7 Å². The van der Waals surface area contributed by atoms with Gasteiger partial charge in [0.15, 0.2) is 0 Å². The zero-order chi connectivity index (χ0) is 14.5. The maximum atomic E-state index is 12.4. The van der Waals surface area contributed by atoms with Crippen LogP contribution in [-0.4, -0.2) is 11.9 Å². The van der Waals surface area contributed by atoms with Gasteiger partial charge in [-0.1, -0.05) is 19.8 Å². The van der Waals surface area contributed by atoms with Gasteiger partial charge in [0.05, 0.1) is 0 Å². The molecule has 0 saturated heterocycles. The van der Waals surface area contributed by atoms with Crippen LogP contribution in [-0.2, 0) is 0 Å². The van der Waals surface area contributed by atoms with E-state index in [0.717, 1.165) is 35.6 Å². The minimum Gasteiger partial charge on any atom is -0.349 e. The molecule has 2 rings (SSSR count). The Bertz CT molecular complexity index is 473. The number of aryl methyl sites for hydroxylation is 1. The SMILES string of the molecule is Cc1cc(NN)ccc1C(=O)NC1CCCC(C)CC1. The normalized spacial score (nSPS) is 22.9. The van der Waals surface area contributed by atoms with Crippen molar-refractivity contribution in [3.8, 4) is 0 Å². The molecule has 0 radical (unpaired) electrons. The third kappa shape index (κ3) is 3.73. The number of hydrazine groups is 1. The van der Waals surface area contributed by atoms with Crippen molar-refractivity contribution in [1.29, 1.82) is 0 Å². The summed E-state index contributed by atoms with van der Waals surface area (Å²) in [4.78, 5) is 12.4. The number of nitrogens with two attached hydrogens (primary N) is 1. The molecule has 0 aliphatic heterocycles. The van der Waals surface area contributed by atoms with Crippen molar-refractivity contribution in [2.45, 2.75) is 52.0 Å². The Kier molecular flexibility index (Phi) is 5.01. The highest BCUT2D eigenvalue weighted by Crippen LogP contribution is 2.23. The quantitative estimate of drug-likeness (QED) is 0.451. The van der Waals surface area contributed by atoms with Crippen LogP contribution >= 0.6 is 0 Å². The standard InChI is InChI=1S/C16H25N3O/c1-11-4-3-5-13(7-6-11)18-16(20)15-9-8-14(19-17)10-12(15)2/h8-11,13,19H,3-7,17H2,1-2H3,(H,18,20). The second-order valence-electron chi connectivity index (χ2n) is 5.96. The summed E-state index contributed by atoms with van der Waals surface area (Å²) in [5.74, 6) is 6.19. The first-order valence-corrected chi connectivity index (χ1v) is 7.48. The molecule has 20 heavy (non-hydrogen) atoms. The molecule has 2 atom stereocenters. The first kappa shape index (κ1) is 14.9. The average Bonchev–Trinajstić information content (AvgIpc) is 2.63. The summed E-state index contributed by atoms with van der Waals surface area (Å²) in [6.45, 7) is 4.23. The molecular weight excluding hydrogens is 250 g/mol. The summed E-state index contributed by atoms with van der Waals surface area (Å²) >= 11 is 0. The van der Waals surface area contributed by atoms with Crippen molar-refractivity contribution >= 4 is 11.6 Å². The molecule has 0 aromatic heterocycles. The van der Waals surface area contributed by atoms with E-state index < -0.39 is 0 Å². The van der Waals surface area contributed by atoms with Crippen LogP contribution in [0.1, 0.15) is 54.9 Å². The molecule has 1 aliphatic rings. The summed E-state index contributed by atoms with van der Waals surface area (Å²) < 4.78 is 0. The van der Waals surface area contributed by atoms with E-state index in [1.165, 1.54) is 19.3 Å². The van der Waals surface area contributed by atoms with Gasteiger partial charge in [0.25, 0.3) is 5.91 Å². The first-order chi connectivity index (χ1) is 9.60. The zero-order valence-electron chi connectivity index (χ0n) is 12.4. The van der Waals surface area contributed by atoms with Crippen molar-refractivity contribution in [1.82, 2.24) is 5.32 Å². The number of rotatable bonds is 3. The molecule has 1 fully saturated rings. The van der Waals surface area contributed by atoms with E-state index in [-0.39, 0.29) is 5.91 Å². The van der Waals surface area contributed by atoms with Crippen LogP contribution in [0.25, 0.3) is 0 Å². The Hall–Kier alpha value is -1.55. The fourth-order valence-corrected chi connectivity index (χ4v) is 2.90. The predicted molar refractivity (Wildman–Crippen MR) is 82.5 cm³/mol. The van der Waals surface area contributed by atoms with Crippen molar-refractivity contribution in [2.75, 3.05) is 5.43 Å². The summed E-state index contributed by atoms with van der Waals surface area (Å²) in [6.07, 6.45) is 5.88. The summed E-state index contributed by atoms with van der Waals surface area (Å²) in [5, 5.41) is 3.18. The number of nitrogen functional groups attached to an aromatic ring is 1. The van der Waals surface area contributed by atoms with Crippen LogP contribution < -0.4 is 16.6 Å². The highest BCUT2D eigenvalue weighted by Gasteiger charge is 2.19. The second-order valence-corrected chi connectivity index (χ2v) is 5.96. The maximum absolute atomic E-state index is 12.4. The van der Waals surface area contributed by atoms with Gasteiger partial charge < -0.3 is 10.7 Å². The van der Waals surface area contributed by atoms with Gasteiger partial charge in [0.1, 0.15) is 0 Å². The van der Waals surface area contributed by atoms with Gasteiger partial charge in [-0.3, -0.25) is 10.6 Å². The van der Waals surface area contributed by atoms with Crippen LogP contribution in [0.5, 0.6) is 0 Å². The molecule has 4 heteroatoms. The lowest BCUT2D eigenvalue weighted by molar-refractivity contribution is 0.0932. The number of hydrogen-bond donors (Lipinski definition) is 3. The molecule has 1 aromatic carbocycles. The third-order valence-electron chi connectivity index (χ3n) is 4.23. The molecule has 4 nitrogen and oxygen atoms in total. The van der Waals surface area contributed by atoms with Crippen LogP contribution in [0.15, 0.2) is 18.2 Å². The van der Waals surface area contributed by atoms with Crippen molar-refractivity contribution in [3.05, 3.63) is 29.3 Å². The van der Waals surface area contributed by atoms with E-state index in [9.17, 15) is 4.79 Å². The van der Waals surface area contributed by atoms with Crippen LogP contribution in [0.3, 0.4) is 0 Å². The number of nitrogens with one attached hydrogen (secondary N) is 2. The van der Waals surface area contributed by atoms with Crippen LogP contribution in [0.4, 0.5) is 5.69 Å². The van der Waals surface area contributed by atoms with Crippen LogP contribution in [0.2, 0.25) is 0 Å². The lowest BCUT2D eigenvalue weighted by atomic mass is 10.0. The van der Waals surface area contributed by atoms with Crippen molar-refractivity contribution < 1.29 is 4.79 Å². The second kappa shape index (κ2) is 6.75. The molecule has 0 spiro atoms. The van der Waals surface area contributed by atoms with E-state index in [0.29, 0.717) is 6.04 Å². The molecule has 0 bridgehead atoms. The molecular formula is C16H25N3O. The average molecular weight is 275 g/mol. The van der Waals surface area contributed by atoms with Gasteiger partial charge in [-0.25, -0.2) is 0 Å². The topological polar surface area (TPSA) is 67.1 Å². The minimum absolute atomic E-state index is 0.0330. The summed E-state index contributed by atoms with van der Waals surface area (Å²) in [5.41, 5.74) is 5.10. The highest BCUT2D eigenvalue weighted by atomic mass is 16.1. The van der Waals surface area contributed by atoms with E-state index >= 15 is 0 Å². The molecule has 1 amide bonds. The van der Waals surface area contributed by atoms with E-state index in [4.69, 9.17) is 5.84 Å². The Balaban J connectivity index is 2.00. The van der Waals surface area contributed by atoms with Crippen molar-refractivity contribution in [3.63, 3.8) is 0 Å². The summed E-state index contributed by atoms with van der Waals surface area (Å²) in [6, 6.07) is 5.87.